The maximum Gasteiger partial charge on any atom is 0.266 e. The third-order valence-corrected chi connectivity index (χ3v) is 4.95. The summed E-state index contributed by atoms with van der Waals surface area (Å²) in [5.74, 6) is -0.295. The van der Waals surface area contributed by atoms with Crippen molar-refractivity contribution < 1.29 is 23.9 Å². The Morgan fingerprint density at radius 3 is 2.31 bits per heavy atom. The van der Waals surface area contributed by atoms with Gasteiger partial charge in [-0.3, -0.25) is 24.8 Å². The Hall–Kier alpha value is -3.81. The molecule has 0 radical (unpaired) electrons. The van der Waals surface area contributed by atoms with E-state index in [0.717, 1.165) is 4.90 Å². The second kappa shape index (κ2) is 6.97. The van der Waals surface area contributed by atoms with Crippen LogP contribution in [0.2, 0.25) is 0 Å². The van der Waals surface area contributed by atoms with Crippen LogP contribution < -0.4 is 24.8 Å². The summed E-state index contributed by atoms with van der Waals surface area (Å²) < 4.78 is 10.5. The number of ether oxygens (including phenoxy) is 2. The van der Waals surface area contributed by atoms with E-state index in [0.29, 0.717) is 22.9 Å². The van der Waals surface area contributed by atoms with Gasteiger partial charge in [0, 0.05) is 6.92 Å². The van der Waals surface area contributed by atoms with Gasteiger partial charge < -0.3 is 9.47 Å². The molecule has 2 aliphatic rings. The first-order valence-electron chi connectivity index (χ1n) is 8.94. The highest BCUT2D eigenvalue weighted by Crippen LogP contribution is 2.39. The third-order valence-electron chi connectivity index (χ3n) is 4.95. The van der Waals surface area contributed by atoms with Crippen LogP contribution in [-0.2, 0) is 14.4 Å². The quantitative estimate of drug-likeness (QED) is 0.775. The van der Waals surface area contributed by atoms with Crippen molar-refractivity contribution in [3.63, 3.8) is 0 Å². The second-order valence-corrected chi connectivity index (χ2v) is 6.58. The van der Waals surface area contributed by atoms with Gasteiger partial charge in [0.1, 0.15) is 17.2 Å². The fourth-order valence-corrected chi connectivity index (χ4v) is 3.58. The summed E-state index contributed by atoms with van der Waals surface area (Å²) in [4.78, 5) is 39.8. The fourth-order valence-electron chi connectivity index (χ4n) is 3.58. The number of hydrazine groups is 1. The lowest BCUT2D eigenvalue weighted by Gasteiger charge is -2.26. The molecular weight excluding hydrogens is 374 g/mol. The minimum absolute atomic E-state index is 0.113. The van der Waals surface area contributed by atoms with Gasteiger partial charge in [-0.25, -0.2) is 4.90 Å². The number of allylic oxidation sites excluding steroid dienone is 1. The molecule has 8 nitrogen and oxygen atoms in total. The molecule has 1 fully saturated rings. The molecule has 8 heteroatoms. The molecule has 2 amide bonds. The molecule has 2 aromatic carbocycles. The molecule has 4 rings (SSSR count). The zero-order chi connectivity index (χ0) is 20.7. The lowest BCUT2D eigenvalue weighted by atomic mass is 10.1. The van der Waals surface area contributed by atoms with E-state index >= 15 is 0 Å². The average molecular weight is 393 g/mol. The number of amides is 2. The van der Waals surface area contributed by atoms with E-state index in [1.807, 2.05) is 0 Å². The van der Waals surface area contributed by atoms with E-state index in [-0.39, 0.29) is 17.1 Å². The molecule has 1 N–H and O–H groups in total. The highest BCUT2D eigenvalue weighted by atomic mass is 16.5. The van der Waals surface area contributed by atoms with Crippen LogP contribution in [0.15, 0.2) is 59.8 Å². The molecule has 0 aromatic heterocycles. The molecule has 1 atom stereocenters. The summed E-state index contributed by atoms with van der Waals surface area (Å²) in [5.41, 5.74) is 4.13. The van der Waals surface area contributed by atoms with Crippen LogP contribution in [0, 0.1) is 0 Å². The number of ketones is 1. The van der Waals surface area contributed by atoms with E-state index < -0.39 is 17.9 Å². The molecule has 0 spiro atoms. The Labute approximate surface area is 167 Å². The lowest BCUT2D eigenvalue weighted by Crippen LogP contribution is -2.46. The van der Waals surface area contributed by atoms with Crippen molar-refractivity contribution in [2.75, 3.05) is 24.1 Å². The molecule has 29 heavy (non-hydrogen) atoms. The van der Waals surface area contributed by atoms with Crippen molar-refractivity contribution in [2.45, 2.75) is 13.0 Å². The first-order valence-corrected chi connectivity index (χ1v) is 8.94. The van der Waals surface area contributed by atoms with Gasteiger partial charge in [0.05, 0.1) is 31.2 Å². The second-order valence-electron chi connectivity index (χ2n) is 6.58. The fraction of sp³-hybridized carbons (Fsp3) is 0.190. The number of benzene rings is 2. The van der Waals surface area contributed by atoms with Gasteiger partial charge in [-0.05, 0) is 36.4 Å². The molecular formula is C21H19N3O5. The number of imide groups is 1. The number of nitrogens with one attached hydrogen (secondary N) is 1. The maximum atomic E-state index is 13.3. The molecule has 0 aliphatic carbocycles. The molecule has 1 saturated heterocycles. The number of fused-ring (bicyclic) bond motifs is 1. The van der Waals surface area contributed by atoms with Gasteiger partial charge in [0.2, 0.25) is 0 Å². The molecule has 1 unspecified atom stereocenters. The molecule has 148 valence electrons. The zero-order valence-electron chi connectivity index (χ0n) is 16.1. The van der Waals surface area contributed by atoms with Crippen LogP contribution in [0.4, 0.5) is 11.4 Å². The normalized spacial score (nSPS) is 18.1. The predicted octanol–water partition coefficient (Wildman–Crippen LogP) is 1.81. The van der Waals surface area contributed by atoms with Crippen LogP contribution in [0.25, 0.3) is 0 Å². The molecule has 0 bridgehead atoms. The average Bonchev–Trinajstić information content (AvgIpc) is 3.25. The number of hydrogen-bond acceptors (Lipinski definition) is 7. The Bertz CT molecular complexity index is 1040. The third kappa shape index (κ3) is 2.80. The summed E-state index contributed by atoms with van der Waals surface area (Å²) in [6.45, 7) is 1.35. The van der Waals surface area contributed by atoms with Crippen molar-refractivity contribution in [3.8, 4) is 11.5 Å². The number of para-hydroxylation sites is 2. The summed E-state index contributed by atoms with van der Waals surface area (Å²) in [5, 5.41) is 1.53. The predicted molar refractivity (Wildman–Crippen MR) is 106 cm³/mol. The highest BCUT2D eigenvalue weighted by molar-refractivity contribution is 6.34. The van der Waals surface area contributed by atoms with Crippen molar-refractivity contribution in [1.29, 1.82) is 0 Å². The van der Waals surface area contributed by atoms with Crippen LogP contribution >= 0.6 is 0 Å². The van der Waals surface area contributed by atoms with Gasteiger partial charge in [0.25, 0.3) is 11.8 Å². The van der Waals surface area contributed by atoms with Gasteiger partial charge in [0.15, 0.2) is 11.8 Å². The van der Waals surface area contributed by atoms with Gasteiger partial charge in [-0.2, -0.15) is 0 Å². The van der Waals surface area contributed by atoms with Crippen LogP contribution in [0.1, 0.15) is 6.92 Å². The van der Waals surface area contributed by atoms with Crippen molar-refractivity contribution >= 4 is 29.0 Å². The number of methoxy groups -OCH3 is 2. The number of hydrogen-bond donors (Lipinski definition) is 1. The monoisotopic (exact) mass is 393 g/mol. The SMILES string of the molecule is COc1ccc(N2NC(C(C)=O)=C3C(=O)N(c4ccccc4OC)C(=O)C32)cc1. The van der Waals surface area contributed by atoms with Crippen LogP contribution in [-0.4, -0.2) is 37.9 Å². The molecule has 0 saturated carbocycles. The Morgan fingerprint density at radius 2 is 1.69 bits per heavy atom. The lowest BCUT2D eigenvalue weighted by molar-refractivity contribution is -0.121. The summed E-state index contributed by atoms with van der Waals surface area (Å²) in [7, 11) is 3.02. The maximum absolute atomic E-state index is 13.3. The van der Waals surface area contributed by atoms with Crippen LogP contribution in [0.3, 0.4) is 0 Å². The summed E-state index contributed by atoms with van der Waals surface area (Å²) in [6, 6.07) is 12.8. The number of Topliss-reactive ketones (excluding diaryl/α,β-unsaturated/α-hetero) is 1. The van der Waals surface area contributed by atoms with Crippen molar-refractivity contribution in [2.24, 2.45) is 0 Å². The van der Waals surface area contributed by atoms with E-state index in [9.17, 15) is 14.4 Å². The Morgan fingerprint density at radius 1 is 1.00 bits per heavy atom. The van der Waals surface area contributed by atoms with E-state index in [1.165, 1.54) is 19.0 Å². The number of rotatable bonds is 5. The summed E-state index contributed by atoms with van der Waals surface area (Å²) >= 11 is 0. The van der Waals surface area contributed by atoms with Crippen molar-refractivity contribution in [3.05, 3.63) is 59.8 Å². The number of anilines is 2. The van der Waals surface area contributed by atoms with E-state index in [4.69, 9.17) is 9.47 Å². The van der Waals surface area contributed by atoms with Crippen LogP contribution in [0.5, 0.6) is 11.5 Å². The van der Waals surface area contributed by atoms with E-state index in [1.54, 1.807) is 55.6 Å². The Balaban J connectivity index is 1.81. The first-order chi connectivity index (χ1) is 14.0. The molecule has 2 heterocycles. The molecule has 2 aliphatic heterocycles. The highest BCUT2D eigenvalue weighted by Gasteiger charge is 2.54. The number of carbonyl (C=O) groups excluding carboxylic acids is 3. The minimum atomic E-state index is -0.959. The van der Waals surface area contributed by atoms with Gasteiger partial charge in [-0.1, -0.05) is 12.1 Å². The zero-order valence-corrected chi connectivity index (χ0v) is 16.1. The first kappa shape index (κ1) is 18.5. The number of nitrogens with zero attached hydrogens (tertiary/aromatic N) is 2. The largest absolute Gasteiger partial charge is 0.497 e. The molecule has 2 aromatic rings. The van der Waals surface area contributed by atoms with E-state index in [2.05, 4.69) is 5.43 Å². The van der Waals surface area contributed by atoms with Gasteiger partial charge >= 0.3 is 0 Å². The summed E-state index contributed by atoms with van der Waals surface area (Å²) in [6.07, 6.45) is 0. The smallest absolute Gasteiger partial charge is 0.266 e. The van der Waals surface area contributed by atoms with Gasteiger partial charge in [-0.15, -0.1) is 0 Å². The number of carbonyl (C=O) groups is 3. The van der Waals surface area contributed by atoms with Crippen molar-refractivity contribution in [1.82, 2.24) is 5.43 Å². The Kier molecular flexibility index (Phi) is 4.46. The minimum Gasteiger partial charge on any atom is -0.497 e. The standard InChI is InChI=1S/C21H19N3O5/c1-12(25)18-17-19(24(22-18)13-8-10-14(28-2)11-9-13)21(27)23(20(17)26)15-6-4-5-7-16(15)29-3/h4-11,19,22H,1-3H3. The topological polar surface area (TPSA) is 88.2 Å².